The summed E-state index contributed by atoms with van der Waals surface area (Å²) >= 11 is 0. The van der Waals surface area contributed by atoms with Crippen molar-refractivity contribution in [1.82, 2.24) is 15.3 Å². The molecule has 0 unspecified atom stereocenters. The average molecular weight is 282 g/mol. The van der Waals surface area contributed by atoms with Gasteiger partial charge in [-0.3, -0.25) is 0 Å². The zero-order valence-corrected chi connectivity index (χ0v) is 12.8. The zero-order chi connectivity index (χ0) is 14.7. The van der Waals surface area contributed by atoms with E-state index in [0.717, 1.165) is 49.8 Å². The third kappa shape index (κ3) is 3.22. The van der Waals surface area contributed by atoms with Crippen molar-refractivity contribution < 1.29 is 0 Å². The van der Waals surface area contributed by atoms with Gasteiger partial charge in [-0.15, -0.1) is 0 Å². The molecule has 0 spiro atoms. The van der Waals surface area contributed by atoms with E-state index >= 15 is 0 Å². The first-order valence-electron chi connectivity index (χ1n) is 7.60. The highest BCUT2D eigenvalue weighted by Crippen LogP contribution is 2.22. The second kappa shape index (κ2) is 6.22. The summed E-state index contributed by atoms with van der Waals surface area (Å²) in [5, 5.41) is 3.41. The molecule has 4 heteroatoms. The Labute approximate surface area is 126 Å². The molecule has 4 nitrogen and oxygen atoms in total. The third-order valence-electron chi connectivity index (χ3n) is 4.07. The Kier molecular flexibility index (Phi) is 4.15. The van der Waals surface area contributed by atoms with Crippen LogP contribution in [0.2, 0.25) is 0 Å². The zero-order valence-electron chi connectivity index (χ0n) is 12.8. The molecule has 2 aromatic rings. The van der Waals surface area contributed by atoms with E-state index in [9.17, 15) is 0 Å². The Morgan fingerprint density at radius 2 is 1.95 bits per heavy atom. The Hall–Kier alpha value is -1.94. The summed E-state index contributed by atoms with van der Waals surface area (Å²) in [5.41, 5.74) is 4.77. The van der Waals surface area contributed by atoms with Crippen LogP contribution >= 0.6 is 0 Å². The van der Waals surface area contributed by atoms with Crippen molar-refractivity contribution in [2.75, 3.05) is 31.1 Å². The second-order valence-electron chi connectivity index (χ2n) is 5.63. The summed E-state index contributed by atoms with van der Waals surface area (Å²) in [6.07, 6.45) is 3.00. The Morgan fingerprint density at radius 1 is 1.05 bits per heavy atom. The average Bonchev–Trinajstić information content (AvgIpc) is 2.79. The smallest absolute Gasteiger partial charge is 0.225 e. The fraction of sp³-hybridized carbons (Fsp3) is 0.412. The highest BCUT2D eigenvalue weighted by molar-refractivity contribution is 5.61. The lowest BCUT2D eigenvalue weighted by Crippen LogP contribution is -2.29. The van der Waals surface area contributed by atoms with E-state index in [1.807, 2.05) is 12.3 Å². The number of rotatable bonds is 2. The summed E-state index contributed by atoms with van der Waals surface area (Å²) in [6, 6.07) is 8.48. The van der Waals surface area contributed by atoms with Crippen molar-refractivity contribution in [3.8, 4) is 11.3 Å². The van der Waals surface area contributed by atoms with Crippen LogP contribution < -0.4 is 10.2 Å². The molecule has 1 saturated heterocycles. The molecule has 0 atom stereocenters. The molecule has 1 aliphatic rings. The van der Waals surface area contributed by atoms with Gasteiger partial charge < -0.3 is 10.2 Å². The van der Waals surface area contributed by atoms with Crippen LogP contribution in [-0.4, -0.2) is 36.1 Å². The van der Waals surface area contributed by atoms with E-state index in [2.05, 4.69) is 47.2 Å². The maximum atomic E-state index is 4.77. The molecule has 2 heterocycles. The lowest BCUT2D eigenvalue weighted by Gasteiger charge is -2.20. The molecule has 110 valence electrons. The molecule has 1 aliphatic heterocycles. The van der Waals surface area contributed by atoms with Crippen molar-refractivity contribution in [1.29, 1.82) is 0 Å². The van der Waals surface area contributed by atoms with E-state index in [1.54, 1.807) is 0 Å². The van der Waals surface area contributed by atoms with Crippen LogP contribution in [0.25, 0.3) is 11.3 Å². The van der Waals surface area contributed by atoms with Gasteiger partial charge in [-0.1, -0.05) is 12.1 Å². The van der Waals surface area contributed by atoms with Gasteiger partial charge in [0, 0.05) is 31.4 Å². The number of nitrogens with zero attached hydrogens (tertiary/aromatic N) is 3. The van der Waals surface area contributed by atoms with E-state index in [-0.39, 0.29) is 0 Å². The van der Waals surface area contributed by atoms with Crippen molar-refractivity contribution in [2.24, 2.45) is 0 Å². The van der Waals surface area contributed by atoms with Gasteiger partial charge in [0.05, 0.1) is 5.69 Å². The minimum atomic E-state index is 0.842. The molecule has 1 aromatic carbocycles. The predicted molar refractivity (Wildman–Crippen MR) is 86.6 cm³/mol. The SMILES string of the molecule is Cc1ccc(-c2ccnc(N3CCCNCC3)n2)cc1C. The fourth-order valence-corrected chi connectivity index (χ4v) is 2.61. The molecule has 0 aliphatic carbocycles. The summed E-state index contributed by atoms with van der Waals surface area (Å²) in [6.45, 7) is 8.33. The van der Waals surface area contributed by atoms with Crippen molar-refractivity contribution in [3.63, 3.8) is 0 Å². The highest BCUT2D eigenvalue weighted by atomic mass is 15.3. The van der Waals surface area contributed by atoms with E-state index in [1.165, 1.54) is 11.1 Å². The topological polar surface area (TPSA) is 41.1 Å². The third-order valence-corrected chi connectivity index (χ3v) is 4.07. The number of nitrogens with one attached hydrogen (secondary N) is 1. The lowest BCUT2D eigenvalue weighted by atomic mass is 10.0. The molecule has 1 aromatic heterocycles. The number of benzene rings is 1. The largest absolute Gasteiger partial charge is 0.339 e. The normalized spacial score (nSPS) is 15.8. The van der Waals surface area contributed by atoms with Gasteiger partial charge in [0.25, 0.3) is 0 Å². The minimum absolute atomic E-state index is 0.842. The summed E-state index contributed by atoms with van der Waals surface area (Å²) in [4.78, 5) is 11.5. The quantitative estimate of drug-likeness (QED) is 0.919. The van der Waals surface area contributed by atoms with Crippen LogP contribution in [0.15, 0.2) is 30.5 Å². The molecule has 0 bridgehead atoms. The Morgan fingerprint density at radius 3 is 2.81 bits per heavy atom. The molecule has 3 rings (SSSR count). The monoisotopic (exact) mass is 282 g/mol. The predicted octanol–water partition coefficient (Wildman–Crippen LogP) is 2.56. The maximum Gasteiger partial charge on any atom is 0.225 e. The summed E-state index contributed by atoms with van der Waals surface area (Å²) < 4.78 is 0. The standard InChI is InChI=1S/C17H22N4/c1-13-4-5-15(12-14(13)2)16-6-8-19-17(20-16)21-10-3-7-18-9-11-21/h4-6,8,12,18H,3,7,9-11H2,1-2H3. The fourth-order valence-electron chi connectivity index (χ4n) is 2.61. The molecule has 1 N–H and O–H groups in total. The minimum Gasteiger partial charge on any atom is -0.339 e. The van der Waals surface area contributed by atoms with Crippen LogP contribution in [0.1, 0.15) is 17.5 Å². The molecule has 1 fully saturated rings. The molecule has 0 radical (unpaired) electrons. The van der Waals surface area contributed by atoms with Gasteiger partial charge in [0.15, 0.2) is 0 Å². The number of aryl methyl sites for hydroxylation is 2. The van der Waals surface area contributed by atoms with Crippen LogP contribution in [0.3, 0.4) is 0 Å². The van der Waals surface area contributed by atoms with Gasteiger partial charge >= 0.3 is 0 Å². The van der Waals surface area contributed by atoms with E-state index < -0.39 is 0 Å². The Balaban J connectivity index is 1.89. The van der Waals surface area contributed by atoms with Gasteiger partial charge in [0.1, 0.15) is 0 Å². The van der Waals surface area contributed by atoms with Crippen molar-refractivity contribution >= 4 is 5.95 Å². The number of aromatic nitrogens is 2. The highest BCUT2D eigenvalue weighted by Gasteiger charge is 2.13. The van der Waals surface area contributed by atoms with Crippen LogP contribution in [0, 0.1) is 13.8 Å². The van der Waals surface area contributed by atoms with Crippen molar-refractivity contribution in [3.05, 3.63) is 41.6 Å². The molecular formula is C17H22N4. The maximum absolute atomic E-state index is 4.77. The first-order valence-corrected chi connectivity index (χ1v) is 7.60. The molecule has 21 heavy (non-hydrogen) atoms. The van der Waals surface area contributed by atoms with Gasteiger partial charge in [0.2, 0.25) is 5.95 Å². The molecular weight excluding hydrogens is 260 g/mol. The van der Waals surface area contributed by atoms with Crippen LogP contribution in [-0.2, 0) is 0 Å². The number of hydrogen-bond acceptors (Lipinski definition) is 4. The summed E-state index contributed by atoms with van der Waals surface area (Å²) in [5.74, 6) is 0.842. The number of anilines is 1. The van der Waals surface area contributed by atoms with Crippen molar-refractivity contribution in [2.45, 2.75) is 20.3 Å². The van der Waals surface area contributed by atoms with Gasteiger partial charge in [-0.25, -0.2) is 9.97 Å². The van der Waals surface area contributed by atoms with Gasteiger partial charge in [-0.2, -0.15) is 0 Å². The van der Waals surface area contributed by atoms with Gasteiger partial charge in [-0.05, 0) is 50.1 Å². The number of hydrogen-bond donors (Lipinski definition) is 1. The first kappa shape index (κ1) is 14.0. The molecule has 0 saturated carbocycles. The van der Waals surface area contributed by atoms with Crippen LogP contribution in [0.5, 0.6) is 0 Å². The molecule has 0 amide bonds. The summed E-state index contributed by atoms with van der Waals surface area (Å²) in [7, 11) is 0. The van der Waals surface area contributed by atoms with E-state index in [0.29, 0.717) is 0 Å². The van der Waals surface area contributed by atoms with Crippen LogP contribution in [0.4, 0.5) is 5.95 Å². The Bertz CT molecular complexity index is 616. The lowest BCUT2D eigenvalue weighted by molar-refractivity contribution is 0.724. The first-order chi connectivity index (χ1) is 10.2. The van der Waals surface area contributed by atoms with E-state index in [4.69, 9.17) is 4.98 Å². The second-order valence-corrected chi connectivity index (χ2v) is 5.63.